The molecule has 1 saturated heterocycles. The number of fused-ring (bicyclic) bond motifs is 1. The van der Waals surface area contributed by atoms with Crippen LogP contribution in [-0.2, 0) is 12.8 Å². The number of anilines is 1. The Bertz CT molecular complexity index is 767. The summed E-state index contributed by atoms with van der Waals surface area (Å²) in [7, 11) is 0. The molecule has 2 aromatic rings. The van der Waals surface area contributed by atoms with Gasteiger partial charge in [-0.15, -0.1) is 0 Å². The average Bonchev–Trinajstić information content (AvgIpc) is 3.30. The van der Waals surface area contributed by atoms with E-state index in [1.165, 1.54) is 36.1 Å². The van der Waals surface area contributed by atoms with Gasteiger partial charge in [0.05, 0.1) is 0 Å². The molecule has 2 heteroatoms. The van der Waals surface area contributed by atoms with Crippen LogP contribution < -0.4 is 4.90 Å². The van der Waals surface area contributed by atoms with Crippen LogP contribution in [0.15, 0.2) is 48.5 Å². The third-order valence-corrected chi connectivity index (χ3v) is 5.17. The Morgan fingerprint density at radius 2 is 1.62 bits per heavy atom. The van der Waals surface area contributed by atoms with Gasteiger partial charge in [0.2, 0.25) is 0 Å². The lowest BCUT2D eigenvalue weighted by Crippen LogP contribution is -2.17. The fraction of sp³-hybridized carbons (Fsp3) is 0.318. The predicted molar refractivity (Wildman–Crippen MR) is 99.7 cm³/mol. The quantitative estimate of drug-likeness (QED) is 0.603. The van der Waals surface area contributed by atoms with Crippen LogP contribution in [0.5, 0.6) is 0 Å². The zero-order chi connectivity index (χ0) is 16.4. The highest BCUT2D eigenvalue weighted by Gasteiger charge is 2.13. The van der Waals surface area contributed by atoms with Crippen LogP contribution in [0, 0.1) is 0 Å². The van der Waals surface area contributed by atoms with Crippen LogP contribution in [0.1, 0.15) is 46.3 Å². The van der Waals surface area contributed by atoms with Crippen molar-refractivity contribution in [1.29, 1.82) is 0 Å². The van der Waals surface area contributed by atoms with E-state index >= 15 is 0 Å². The molecule has 24 heavy (non-hydrogen) atoms. The van der Waals surface area contributed by atoms with Crippen molar-refractivity contribution in [3.05, 3.63) is 70.8 Å². The van der Waals surface area contributed by atoms with E-state index in [2.05, 4.69) is 41.3 Å². The summed E-state index contributed by atoms with van der Waals surface area (Å²) in [4.78, 5) is 14.8. The minimum Gasteiger partial charge on any atom is -0.372 e. The van der Waals surface area contributed by atoms with Gasteiger partial charge in [-0.2, -0.15) is 0 Å². The van der Waals surface area contributed by atoms with E-state index in [1.807, 2.05) is 12.1 Å². The number of hydrogen-bond donors (Lipinski definition) is 0. The van der Waals surface area contributed by atoms with Gasteiger partial charge >= 0.3 is 0 Å². The van der Waals surface area contributed by atoms with E-state index in [0.29, 0.717) is 0 Å². The molecule has 0 N–H and O–H groups in total. The first kappa shape index (κ1) is 15.2. The Kier molecular flexibility index (Phi) is 4.20. The minimum absolute atomic E-state index is 0.0910. The number of aryl methyl sites for hydroxylation is 2. The topological polar surface area (TPSA) is 20.3 Å². The molecule has 2 aliphatic rings. The van der Waals surface area contributed by atoms with Crippen LogP contribution in [0.3, 0.4) is 0 Å². The van der Waals surface area contributed by atoms with E-state index in [4.69, 9.17) is 0 Å². The molecule has 1 fully saturated rings. The smallest absolute Gasteiger partial charge is 0.185 e. The van der Waals surface area contributed by atoms with Crippen LogP contribution in [-0.4, -0.2) is 18.9 Å². The van der Waals surface area contributed by atoms with Gasteiger partial charge in [-0.05, 0) is 73.1 Å². The van der Waals surface area contributed by atoms with Crippen molar-refractivity contribution in [3.63, 3.8) is 0 Å². The Morgan fingerprint density at radius 3 is 2.42 bits per heavy atom. The van der Waals surface area contributed by atoms with Crippen molar-refractivity contribution in [2.75, 3.05) is 18.0 Å². The molecule has 2 aromatic carbocycles. The van der Waals surface area contributed by atoms with E-state index in [-0.39, 0.29) is 5.78 Å². The van der Waals surface area contributed by atoms with Gasteiger partial charge in [0.15, 0.2) is 5.78 Å². The zero-order valence-electron chi connectivity index (χ0n) is 14.0. The molecular formula is C22H23NO. The van der Waals surface area contributed by atoms with E-state index in [1.54, 1.807) is 6.08 Å². The van der Waals surface area contributed by atoms with E-state index in [9.17, 15) is 4.79 Å². The average molecular weight is 317 g/mol. The first-order valence-corrected chi connectivity index (χ1v) is 8.99. The second-order valence-electron chi connectivity index (χ2n) is 6.82. The Labute approximate surface area is 143 Å². The van der Waals surface area contributed by atoms with Crippen molar-refractivity contribution in [1.82, 2.24) is 0 Å². The van der Waals surface area contributed by atoms with Crippen LogP contribution in [0.25, 0.3) is 6.08 Å². The van der Waals surface area contributed by atoms with E-state index in [0.717, 1.165) is 37.1 Å². The first-order valence-electron chi connectivity index (χ1n) is 8.99. The highest BCUT2D eigenvalue weighted by Crippen LogP contribution is 2.24. The third kappa shape index (κ3) is 3.14. The highest BCUT2D eigenvalue weighted by atomic mass is 16.1. The standard InChI is InChI=1S/C22H23NO/c24-22(20-10-9-18-4-3-5-19(18)16-20)13-8-17-6-11-21(12-7-17)23-14-1-2-15-23/h6-13,16H,1-5,14-15H2. The van der Waals surface area contributed by atoms with Gasteiger partial charge in [-0.3, -0.25) is 4.79 Å². The summed E-state index contributed by atoms with van der Waals surface area (Å²) in [5.41, 5.74) is 5.93. The van der Waals surface area contributed by atoms with Gasteiger partial charge in [-0.1, -0.05) is 30.3 Å². The van der Waals surface area contributed by atoms with Crippen LogP contribution in [0.4, 0.5) is 5.69 Å². The molecule has 2 nitrogen and oxygen atoms in total. The Morgan fingerprint density at radius 1 is 0.875 bits per heavy atom. The molecule has 0 atom stereocenters. The summed E-state index contributed by atoms with van der Waals surface area (Å²) < 4.78 is 0. The maximum absolute atomic E-state index is 12.4. The molecule has 1 heterocycles. The van der Waals surface area contributed by atoms with Gasteiger partial charge in [0.1, 0.15) is 0 Å². The molecular weight excluding hydrogens is 294 g/mol. The lowest BCUT2D eigenvalue weighted by atomic mass is 10.0. The fourth-order valence-corrected chi connectivity index (χ4v) is 3.76. The number of hydrogen-bond acceptors (Lipinski definition) is 2. The minimum atomic E-state index is 0.0910. The van der Waals surface area contributed by atoms with Gasteiger partial charge in [0.25, 0.3) is 0 Å². The third-order valence-electron chi connectivity index (χ3n) is 5.17. The monoisotopic (exact) mass is 317 g/mol. The van der Waals surface area contributed by atoms with Crippen molar-refractivity contribution < 1.29 is 4.79 Å². The number of benzene rings is 2. The summed E-state index contributed by atoms with van der Waals surface area (Å²) in [6.45, 7) is 2.32. The number of carbonyl (C=O) groups excluding carboxylic acids is 1. The molecule has 1 aliphatic carbocycles. The molecule has 122 valence electrons. The van der Waals surface area contributed by atoms with Crippen LogP contribution in [0.2, 0.25) is 0 Å². The highest BCUT2D eigenvalue weighted by molar-refractivity contribution is 6.07. The van der Waals surface area contributed by atoms with Crippen LogP contribution >= 0.6 is 0 Å². The van der Waals surface area contributed by atoms with Gasteiger partial charge in [0, 0.05) is 24.3 Å². The maximum Gasteiger partial charge on any atom is 0.185 e. The normalized spacial score (nSPS) is 16.8. The number of allylic oxidation sites excluding steroid dienone is 1. The van der Waals surface area contributed by atoms with Crippen molar-refractivity contribution >= 4 is 17.5 Å². The summed E-state index contributed by atoms with van der Waals surface area (Å²) in [5.74, 6) is 0.0910. The van der Waals surface area contributed by atoms with Gasteiger partial charge < -0.3 is 4.90 Å². The second kappa shape index (κ2) is 6.64. The summed E-state index contributed by atoms with van der Waals surface area (Å²) >= 11 is 0. The number of nitrogens with zero attached hydrogens (tertiary/aromatic N) is 1. The lowest BCUT2D eigenvalue weighted by molar-refractivity contribution is 0.104. The molecule has 0 amide bonds. The molecule has 0 spiro atoms. The molecule has 1 aliphatic heterocycles. The number of ketones is 1. The Balaban J connectivity index is 1.45. The zero-order valence-corrected chi connectivity index (χ0v) is 14.0. The molecule has 0 radical (unpaired) electrons. The molecule has 0 saturated carbocycles. The van der Waals surface area contributed by atoms with E-state index < -0.39 is 0 Å². The number of rotatable bonds is 4. The SMILES string of the molecule is O=C(C=Cc1ccc(N2CCCC2)cc1)c1ccc2c(c1)CCC2. The Hall–Kier alpha value is -2.35. The second-order valence-corrected chi connectivity index (χ2v) is 6.82. The summed E-state index contributed by atoms with van der Waals surface area (Å²) in [6, 6.07) is 14.7. The predicted octanol–water partition coefficient (Wildman–Crippen LogP) is 4.67. The van der Waals surface area contributed by atoms with Crippen molar-refractivity contribution in [3.8, 4) is 0 Å². The summed E-state index contributed by atoms with van der Waals surface area (Å²) in [6.07, 6.45) is 9.67. The largest absolute Gasteiger partial charge is 0.372 e. The van der Waals surface area contributed by atoms with Crippen molar-refractivity contribution in [2.24, 2.45) is 0 Å². The molecule has 0 bridgehead atoms. The maximum atomic E-state index is 12.4. The van der Waals surface area contributed by atoms with Crippen molar-refractivity contribution in [2.45, 2.75) is 32.1 Å². The molecule has 0 unspecified atom stereocenters. The summed E-state index contributed by atoms with van der Waals surface area (Å²) in [5, 5.41) is 0. The molecule has 4 rings (SSSR count). The fourth-order valence-electron chi connectivity index (χ4n) is 3.76. The number of carbonyl (C=O) groups is 1. The molecule has 0 aromatic heterocycles. The van der Waals surface area contributed by atoms with Gasteiger partial charge in [-0.25, -0.2) is 0 Å². The first-order chi connectivity index (χ1) is 11.8. The lowest BCUT2D eigenvalue weighted by Gasteiger charge is -2.17.